The van der Waals surface area contributed by atoms with E-state index in [-0.39, 0.29) is 6.10 Å². The molecular formula is C13H18F2N2O3S. The first-order valence-electron chi connectivity index (χ1n) is 6.62. The van der Waals surface area contributed by atoms with Crippen molar-refractivity contribution in [2.75, 3.05) is 7.11 Å². The minimum Gasteiger partial charge on any atom is -0.380 e. The van der Waals surface area contributed by atoms with Crippen molar-refractivity contribution in [2.45, 2.75) is 42.8 Å². The summed E-state index contributed by atoms with van der Waals surface area (Å²) in [7, 11) is -2.59. The number of ether oxygens (including phenoxy) is 1. The topological polar surface area (TPSA) is 81.4 Å². The van der Waals surface area contributed by atoms with Gasteiger partial charge in [0, 0.05) is 25.3 Å². The van der Waals surface area contributed by atoms with Gasteiger partial charge in [-0.3, -0.25) is 0 Å². The Morgan fingerprint density at radius 3 is 2.71 bits per heavy atom. The molecule has 118 valence electrons. The van der Waals surface area contributed by atoms with Crippen molar-refractivity contribution in [3.8, 4) is 0 Å². The third-order valence-electron chi connectivity index (χ3n) is 3.71. The van der Waals surface area contributed by atoms with Gasteiger partial charge < -0.3 is 10.5 Å². The average Bonchev–Trinajstić information content (AvgIpc) is 2.85. The highest BCUT2D eigenvalue weighted by Gasteiger charge is 2.33. The van der Waals surface area contributed by atoms with Gasteiger partial charge in [-0.2, -0.15) is 0 Å². The first-order valence-corrected chi connectivity index (χ1v) is 8.11. The first kappa shape index (κ1) is 16.3. The molecule has 1 aromatic rings. The third-order valence-corrected chi connectivity index (χ3v) is 5.21. The van der Waals surface area contributed by atoms with Crippen LogP contribution in [-0.4, -0.2) is 27.7 Å². The lowest BCUT2D eigenvalue weighted by molar-refractivity contribution is 0.0916. The zero-order valence-corrected chi connectivity index (χ0v) is 12.4. The lowest BCUT2D eigenvalue weighted by Gasteiger charge is -2.20. The number of nitrogens with one attached hydrogen (secondary N) is 1. The van der Waals surface area contributed by atoms with E-state index >= 15 is 0 Å². The van der Waals surface area contributed by atoms with Crippen LogP contribution in [0.4, 0.5) is 8.78 Å². The fraction of sp³-hybridized carbons (Fsp3) is 0.538. The lowest BCUT2D eigenvalue weighted by Crippen LogP contribution is -2.41. The van der Waals surface area contributed by atoms with Crippen LogP contribution < -0.4 is 10.5 Å². The standard InChI is InChI=1S/C13H18F2N2O3S/c1-20-11-4-2-3-10(11)17-21(18,19)12-6-5-9(14)8(7-16)13(12)15/h5-6,10-11,17H,2-4,7,16H2,1H3. The molecule has 1 saturated carbocycles. The van der Waals surface area contributed by atoms with Gasteiger partial charge in [-0.15, -0.1) is 0 Å². The number of hydrogen-bond acceptors (Lipinski definition) is 4. The number of methoxy groups -OCH3 is 1. The summed E-state index contributed by atoms with van der Waals surface area (Å²) < 4.78 is 59.7. The number of hydrogen-bond donors (Lipinski definition) is 2. The van der Waals surface area contributed by atoms with E-state index < -0.39 is 44.7 Å². The summed E-state index contributed by atoms with van der Waals surface area (Å²) in [6, 6.07) is 1.40. The zero-order chi connectivity index (χ0) is 15.6. The second-order valence-corrected chi connectivity index (χ2v) is 6.66. The smallest absolute Gasteiger partial charge is 0.243 e. The van der Waals surface area contributed by atoms with Crippen LogP contribution in [0.15, 0.2) is 17.0 Å². The van der Waals surface area contributed by atoms with Crippen LogP contribution in [-0.2, 0) is 21.3 Å². The first-order chi connectivity index (χ1) is 9.90. The molecule has 0 aromatic heterocycles. The second-order valence-electron chi connectivity index (χ2n) is 4.98. The highest BCUT2D eigenvalue weighted by molar-refractivity contribution is 7.89. The van der Waals surface area contributed by atoms with E-state index in [1.807, 2.05) is 0 Å². The average molecular weight is 320 g/mol. The highest BCUT2D eigenvalue weighted by atomic mass is 32.2. The van der Waals surface area contributed by atoms with Crippen LogP contribution in [0.1, 0.15) is 24.8 Å². The van der Waals surface area contributed by atoms with Crippen molar-refractivity contribution in [1.82, 2.24) is 4.72 Å². The summed E-state index contributed by atoms with van der Waals surface area (Å²) in [5, 5.41) is 0. The van der Waals surface area contributed by atoms with E-state index in [1.165, 1.54) is 7.11 Å². The van der Waals surface area contributed by atoms with Gasteiger partial charge in [0.1, 0.15) is 10.7 Å². The number of rotatable bonds is 5. The van der Waals surface area contributed by atoms with Gasteiger partial charge in [-0.1, -0.05) is 0 Å². The molecule has 0 bridgehead atoms. The van der Waals surface area contributed by atoms with Crippen molar-refractivity contribution in [2.24, 2.45) is 5.73 Å². The predicted molar refractivity (Wildman–Crippen MR) is 73.0 cm³/mol. The van der Waals surface area contributed by atoms with Crippen molar-refractivity contribution >= 4 is 10.0 Å². The normalized spacial score (nSPS) is 22.7. The number of benzene rings is 1. The highest BCUT2D eigenvalue weighted by Crippen LogP contribution is 2.25. The zero-order valence-electron chi connectivity index (χ0n) is 11.6. The van der Waals surface area contributed by atoms with Gasteiger partial charge in [-0.25, -0.2) is 21.9 Å². The Balaban J connectivity index is 2.32. The van der Waals surface area contributed by atoms with E-state index in [9.17, 15) is 17.2 Å². The maximum Gasteiger partial charge on any atom is 0.243 e. The van der Waals surface area contributed by atoms with Gasteiger partial charge in [0.15, 0.2) is 5.82 Å². The van der Waals surface area contributed by atoms with Crippen LogP contribution in [0.5, 0.6) is 0 Å². The maximum atomic E-state index is 14.1. The largest absolute Gasteiger partial charge is 0.380 e. The van der Waals surface area contributed by atoms with Crippen molar-refractivity contribution in [3.63, 3.8) is 0 Å². The van der Waals surface area contributed by atoms with E-state index in [0.717, 1.165) is 25.0 Å². The fourth-order valence-corrected chi connectivity index (χ4v) is 3.98. The molecule has 2 rings (SSSR count). The van der Waals surface area contributed by atoms with Crippen LogP contribution in [0.25, 0.3) is 0 Å². The molecule has 0 heterocycles. The predicted octanol–water partition coefficient (Wildman–Crippen LogP) is 1.27. The Labute approximate surface area is 122 Å². The number of nitrogens with two attached hydrogens (primary N) is 1. The molecule has 0 amide bonds. The van der Waals surface area contributed by atoms with Crippen LogP contribution in [0, 0.1) is 11.6 Å². The molecule has 1 fully saturated rings. The molecule has 1 aliphatic rings. The Morgan fingerprint density at radius 1 is 1.38 bits per heavy atom. The van der Waals surface area contributed by atoms with Gasteiger partial charge >= 0.3 is 0 Å². The second kappa shape index (κ2) is 6.35. The molecular weight excluding hydrogens is 302 g/mol. The van der Waals surface area contributed by atoms with E-state index in [4.69, 9.17) is 10.5 Å². The van der Waals surface area contributed by atoms with E-state index in [0.29, 0.717) is 6.42 Å². The molecule has 2 unspecified atom stereocenters. The molecule has 0 aliphatic heterocycles. The van der Waals surface area contributed by atoms with Crippen LogP contribution >= 0.6 is 0 Å². The Hall–Kier alpha value is -1.09. The molecule has 1 aromatic carbocycles. The molecule has 1 aliphatic carbocycles. The molecule has 5 nitrogen and oxygen atoms in total. The molecule has 3 N–H and O–H groups in total. The minimum atomic E-state index is -4.09. The SMILES string of the molecule is COC1CCCC1NS(=O)(=O)c1ccc(F)c(CN)c1F. The summed E-state index contributed by atoms with van der Waals surface area (Å²) in [5.41, 5.74) is 4.82. The summed E-state index contributed by atoms with van der Waals surface area (Å²) in [6.45, 7) is -0.412. The molecule has 0 spiro atoms. The molecule has 21 heavy (non-hydrogen) atoms. The monoisotopic (exact) mass is 320 g/mol. The molecule has 8 heteroatoms. The van der Waals surface area contributed by atoms with Crippen molar-refractivity contribution in [3.05, 3.63) is 29.3 Å². The Morgan fingerprint density at radius 2 is 2.10 bits per heavy atom. The van der Waals surface area contributed by atoms with Gasteiger partial charge in [0.25, 0.3) is 0 Å². The van der Waals surface area contributed by atoms with E-state index in [1.54, 1.807) is 0 Å². The van der Waals surface area contributed by atoms with E-state index in [2.05, 4.69) is 4.72 Å². The maximum absolute atomic E-state index is 14.1. The number of sulfonamides is 1. The van der Waals surface area contributed by atoms with Crippen molar-refractivity contribution in [1.29, 1.82) is 0 Å². The van der Waals surface area contributed by atoms with Crippen LogP contribution in [0.2, 0.25) is 0 Å². The van der Waals surface area contributed by atoms with Gasteiger partial charge in [-0.05, 0) is 31.4 Å². The lowest BCUT2D eigenvalue weighted by atomic mass is 10.2. The summed E-state index contributed by atoms with van der Waals surface area (Å²) >= 11 is 0. The molecule has 0 saturated heterocycles. The molecule has 2 atom stereocenters. The quantitative estimate of drug-likeness (QED) is 0.856. The van der Waals surface area contributed by atoms with Gasteiger partial charge in [0.2, 0.25) is 10.0 Å². The Bertz CT molecular complexity index is 622. The third kappa shape index (κ3) is 3.23. The van der Waals surface area contributed by atoms with Crippen molar-refractivity contribution < 1.29 is 21.9 Å². The molecule has 0 radical (unpaired) electrons. The summed E-state index contributed by atoms with van der Waals surface area (Å²) in [6.07, 6.45) is 1.94. The Kier molecular flexibility index (Phi) is 4.92. The number of halogens is 2. The minimum absolute atomic E-state index is 0.239. The fourth-order valence-electron chi connectivity index (χ4n) is 2.58. The summed E-state index contributed by atoms with van der Waals surface area (Å²) in [5.74, 6) is -2.00. The van der Waals surface area contributed by atoms with Gasteiger partial charge in [0.05, 0.1) is 6.10 Å². The summed E-state index contributed by atoms with van der Waals surface area (Å²) in [4.78, 5) is -0.592. The van der Waals surface area contributed by atoms with Crippen LogP contribution in [0.3, 0.4) is 0 Å².